The second-order valence-corrected chi connectivity index (χ2v) is 5.04. The maximum atomic E-state index is 12.8. The predicted molar refractivity (Wildman–Crippen MR) is 69.2 cm³/mol. The number of hydrogen-bond donors (Lipinski definition) is 2. The van der Waals surface area contributed by atoms with E-state index in [0.29, 0.717) is 6.42 Å². The maximum absolute atomic E-state index is 12.8. The Balaban J connectivity index is 2.74. The van der Waals surface area contributed by atoms with Crippen LogP contribution in [0.15, 0.2) is 24.3 Å². The number of carbonyl (C=O) groups excluding carboxylic acids is 1. The Morgan fingerprint density at radius 1 is 1.30 bits per heavy atom. The molecule has 0 fully saturated rings. The molecule has 2 N–H and O–H groups in total. The number of benzene rings is 1. The fourth-order valence-corrected chi connectivity index (χ4v) is 1.86. The van der Waals surface area contributed by atoms with E-state index in [9.17, 15) is 23.1 Å². The molecule has 1 rings (SSSR count). The Morgan fingerprint density at radius 3 is 2.45 bits per heavy atom. The minimum Gasteiger partial charge on any atom is -0.391 e. The number of amides is 1. The molecule has 3 nitrogen and oxygen atoms in total. The third kappa shape index (κ3) is 4.85. The van der Waals surface area contributed by atoms with Crippen molar-refractivity contribution >= 4 is 5.91 Å². The highest BCUT2D eigenvalue weighted by atomic mass is 19.4. The standard InChI is InChI=1S/C14H18F3NO2/c1-9(2)7-10(19)8-18-13(20)11-5-3-4-6-12(11)14(15,16)17/h3-6,9-10,19H,7-8H2,1-2H3,(H,18,20). The first-order chi connectivity index (χ1) is 9.21. The highest BCUT2D eigenvalue weighted by Gasteiger charge is 2.34. The van der Waals surface area contributed by atoms with Crippen LogP contribution in [0.5, 0.6) is 0 Å². The fraction of sp³-hybridized carbons (Fsp3) is 0.500. The average molecular weight is 289 g/mol. The van der Waals surface area contributed by atoms with Gasteiger partial charge in [0.15, 0.2) is 0 Å². The second kappa shape index (κ2) is 6.74. The molecule has 0 saturated carbocycles. The number of halogens is 3. The van der Waals surface area contributed by atoms with Crippen molar-refractivity contribution in [3.8, 4) is 0 Å². The van der Waals surface area contributed by atoms with Crippen molar-refractivity contribution in [2.45, 2.75) is 32.5 Å². The van der Waals surface area contributed by atoms with Crippen LogP contribution in [0.4, 0.5) is 13.2 Å². The van der Waals surface area contributed by atoms with Gasteiger partial charge in [-0.25, -0.2) is 0 Å². The van der Waals surface area contributed by atoms with Crippen LogP contribution in [0.3, 0.4) is 0 Å². The van der Waals surface area contributed by atoms with Crippen molar-refractivity contribution < 1.29 is 23.1 Å². The van der Waals surface area contributed by atoms with Gasteiger partial charge in [0.1, 0.15) is 0 Å². The third-order valence-corrected chi connectivity index (χ3v) is 2.72. The van der Waals surface area contributed by atoms with Gasteiger partial charge in [0, 0.05) is 6.54 Å². The number of rotatable bonds is 5. The zero-order valence-corrected chi connectivity index (χ0v) is 11.4. The number of carbonyl (C=O) groups is 1. The summed E-state index contributed by atoms with van der Waals surface area (Å²) in [5.74, 6) is -0.593. The van der Waals surface area contributed by atoms with Crippen molar-refractivity contribution in [3.63, 3.8) is 0 Å². The minimum absolute atomic E-state index is 0.0663. The van der Waals surface area contributed by atoms with E-state index in [2.05, 4.69) is 5.32 Å². The summed E-state index contributed by atoms with van der Waals surface area (Å²) in [5.41, 5.74) is -1.41. The van der Waals surface area contributed by atoms with Gasteiger partial charge in [0.2, 0.25) is 0 Å². The first-order valence-corrected chi connectivity index (χ1v) is 6.34. The summed E-state index contributed by atoms with van der Waals surface area (Å²) in [5, 5.41) is 11.9. The van der Waals surface area contributed by atoms with Crippen LogP contribution in [0, 0.1) is 5.92 Å². The molecule has 0 spiro atoms. The highest BCUT2D eigenvalue weighted by molar-refractivity contribution is 5.95. The van der Waals surface area contributed by atoms with Crippen molar-refractivity contribution in [3.05, 3.63) is 35.4 Å². The molecule has 0 heterocycles. The summed E-state index contributed by atoms with van der Waals surface area (Å²) in [4.78, 5) is 11.8. The van der Waals surface area contributed by atoms with E-state index in [4.69, 9.17) is 0 Å². The van der Waals surface area contributed by atoms with Gasteiger partial charge in [-0.2, -0.15) is 13.2 Å². The predicted octanol–water partition coefficient (Wildman–Crippen LogP) is 2.84. The number of aliphatic hydroxyl groups is 1. The first kappa shape index (κ1) is 16.5. The molecule has 0 radical (unpaired) electrons. The van der Waals surface area contributed by atoms with Crippen LogP contribution in [0.2, 0.25) is 0 Å². The monoisotopic (exact) mass is 289 g/mol. The lowest BCUT2D eigenvalue weighted by atomic mass is 10.0. The molecule has 1 atom stereocenters. The molecule has 1 aromatic rings. The van der Waals surface area contributed by atoms with E-state index in [0.717, 1.165) is 12.1 Å². The van der Waals surface area contributed by atoms with E-state index in [-0.39, 0.29) is 12.5 Å². The molecule has 1 unspecified atom stereocenters. The lowest BCUT2D eigenvalue weighted by Crippen LogP contribution is -2.33. The van der Waals surface area contributed by atoms with Crippen molar-refractivity contribution in [1.29, 1.82) is 0 Å². The molecule has 0 aliphatic rings. The summed E-state index contributed by atoms with van der Waals surface area (Å²) in [6, 6.07) is 4.58. The SMILES string of the molecule is CC(C)CC(O)CNC(=O)c1ccccc1C(F)(F)F. The molecule has 0 aliphatic carbocycles. The number of hydrogen-bond acceptors (Lipinski definition) is 2. The molecule has 0 aliphatic heterocycles. The topological polar surface area (TPSA) is 49.3 Å². The Hall–Kier alpha value is -1.56. The number of aliphatic hydroxyl groups excluding tert-OH is 1. The summed E-state index contributed by atoms with van der Waals surface area (Å²) in [6.45, 7) is 3.75. The molecule has 20 heavy (non-hydrogen) atoms. The third-order valence-electron chi connectivity index (χ3n) is 2.72. The van der Waals surface area contributed by atoms with Gasteiger partial charge in [0.25, 0.3) is 5.91 Å². The van der Waals surface area contributed by atoms with E-state index >= 15 is 0 Å². The second-order valence-electron chi connectivity index (χ2n) is 5.04. The van der Waals surface area contributed by atoms with Crippen LogP contribution >= 0.6 is 0 Å². The van der Waals surface area contributed by atoms with Crippen molar-refractivity contribution in [2.75, 3.05) is 6.54 Å². The van der Waals surface area contributed by atoms with Crippen LogP contribution in [-0.2, 0) is 6.18 Å². The summed E-state index contributed by atoms with van der Waals surface area (Å²) >= 11 is 0. The Labute approximate surface area is 115 Å². The van der Waals surface area contributed by atoms with Crippen LogP contribution < -0.4 is 5.32 Å². The van der Waals surface area contributed by atoms with Gasteiger partial charge in [-0.1, -0.05) is 26.0 Å². The van der Waals surface area contributed by atoms with Gasteiger partial charge in [-0.3, -0.25) is 4.79 Å². The Kier molecular flexibility index (Phi) is 5.56. The van der Waals surface area contributed by atoms with Gasteiger partial charge < -0.3 is 10.4 Å². The van der Waals surface area contributed by atoms with Gasteiger partial charge >= 0.3 is 6.18 Å². The minimum atomic E-state index is -4.58. The molecule has 0 saturated heterocycles. The molecule has 1 amide bonds. The van der Waals surface area contributed by atoms with E-state index in [1.807, 2.05) is 13.8 Å². The molecule has 1 aromatic carbocycles. The van der Waals surface area contributed by atoms with Crippen LogP contribution in [-0.4, -0.2) is 23.7 Å². The Morgan fingerprint density at radius 2 is 1.90 bits per heavy atom. The maximum Gasteiger partial charge on any atom is 0.417 e. The van der Waals surface area contributed by atoms with Gasteiger partial charge in [0.05, 0.1) is 17.2 Å². The smallest absolute Gasteiger partial charge is 0.391 e. The van der Waals surface area contributed by atoms with Crippen LogP contribution in [0.1, 0.15) is 36.2 Å². The molecule has 0 bridgehead atoms. The molecular formula is C14H18F3NO2. The zero-order valence-electron chi connectivity index (χ0n) is 11.4. The summed E-state index contributed by atoms with van der Waals surface area (Å²) < 4.78 is 38.3. The normalized spacial score (nSPS) is 13.3. The molecule has 6 heteroatoms. The van der Waals surface area contributed by atoms with Crippen LogP contribution in [0.25, 0.3) is 0 Å². The van der Waals surface area contributed by atoms with Crippen molar-refractivity contribution in [1.82, 2.24) is 5.32 Å². The highest BCUT2D eigenvalue weighted by Crippen LogP contribution is 2.31. The quantitative estimate of drug-likeness (QED) is 0.875. The van der Waals surface area contributed by atoms with E-state index in [1.165, 1.54) is 12.1 Å². The van der Waals surface area contributed by atoms with Crippen molar-refractivity contribution in [2.24, 2.45) is 5.92 Å². The fourth-order valence-electron chi connectivity index (χ4n) is 1.86. The Bertz CT molecular complexity index is 458. The van der Waals surface area contributed by atoms with Gasteiger partial charge in [-0.15, -0.1) is 0 Å². The first-order valence-electron chi connectivity index (χ1n) is 6.34. The van der Waals surface area contributed by atoms with E-state index < -0.39 is 29.3 Å². The number of alkyl halides is 3. The average Bonchev–Trinajstić information content (AvgIpc) is 2.34. The molecule has 0 aromatic heterocycles. The zero-order chi connectivity index (χ0) is 15.3. The van der Waals surface area contributed by atoms with E-state index in [1.54, 1.807) is 0 Å². The summed E-state index contributed by atoms with van der Waals surface area (Å²) in [7, 11) is 0. The largest absolute Gasteiger partial charge is 0.417 e. The number of nitrogens with one attached hydrogen (secondary N) is 1. The lowest BCUT2D eigenvalue weighted by molar-refractivity contribution is -0.137. The van der Waals surface area contributed by atoms with Gasteiger partial charge in [-0.05, 0) is 24.5 Å². The molecular weight excluding hydrogens is 271 g/mol. The summed E-state index contributed by atoms with van der Waals surface area (Å²) in [6.07, 6.45) is -4.87. The lowest BCUT2D eigenvalue weighted by Gasteiger charge is -2.16. The molecule has 112 valence electrons.